The van der Waals surface area contributed by atoms with Gasteiger partial charge in [0, 0.05) is 18.8 Å². The van der Waals surface area contributed by atoms with Crippen molar-refractivity contribution < 1.29 is 14.8 Å². The molecule has 0 saturated carbocycles. The monoisotopic (exact) mass is 303 g/mol. The van der Waals surface area contributed by atoms with Crippen LogP contribution in [0.4, 0.5) is 11.5 Å². The fraction of sp³-hybridized carbons (Fsp3) is 0.267. The summed E-state index contributed by atoms with van der Waals surface area (Å²) in [6.45, 7) is 2.13. The third kappa shape index (κ3) is 4.42. The molecular weight excluding hydrogens is 286 g/mol. The van der Waals surface area contributed by atoms with Gasteiger partial charge >= 0.3 is 5.69 Å². The van der Waals surface area contributed by atoms with Crippen molar-refractivity contribution in [3.05, 3.63) is 58.3 Å². The standard InChI is InChI=1S/C15H17N3O4/c1-11-4-2-5-13(8-11)22-10-12(19)9-17-15-14(18(20)21)6-3-7-16-15/h2-8,12,19H,9-10H2,1H3,(H,16,17)/t12-/m0/s1. The summed E-state index contributed by atoms with van der Waals surface area (Å²) >= 11 is 0. The van der Waals surface area contributed by atoms with E-state index >= 15 is 0 Å². The van der Waals surface area contributed by atoms with Gasteiger partial charge in [0.15, 0.2) is 0 Å². The minimum absolute atomic E-state index is 0.0804. The highest BCUT2D eigenvalue weighted by atomic mass is 16.6. The zero-order valence-electron chi connectivity index (χ0n) is 12.1. The van der Waals surface area contributed by atoms with Gasteiger partial charge in [-0.15, -0.1) is 0 Å². The molecule has 1 heterocycles. The number of aliphatic hydroxyl groups is 1. The number of aryl methyl sites for hydroxylation is 1. The summed E-state index contributed by atoms with van der Waals surface area (Å²) in [5.74, 6) is 0.796. The molecule has 0 spiro atoms. The summed E-state index contributed by atoms with van der Waals surface area (Å²) in [5, 5.41) is 23.5. The SMILES string of the molecule is Cc1cccc(OC[C@@H](O)CNc2ncccc2[N+](=O)[O-])c1. The van der Waals surface area contributed by atoms with Crippen LogP contribution in [0.5, 0.6) is 5.75 Å². The zero-order chi connectivity index (χ0) is 15.9. The van der Waals surface area contributed by atoms with Crippen molar-refractivity contribution in [3.8, 4) is 5.75 Å². The van der Waals surface area contributed by atoms with Crippen LogP contribution in [-0.4, -0.2) is 34.3 Å². The van der Waals surface area contributed by atoms with Crippen LogP contribution in [0.15, 0.2) is 42.6 Å². The first kappa shape index (κ1) is 15.7. The Kier molecular flexibility index (Phi) is 5.26. The summed E-state index contributed by atoms with van der Waals surface area (Å²) in [5.41, 5.74) is 0.934. The van der Waals surface area contributed by atoms with Crippen molar-refractivity contribution in [2.45, 2.75) is 13.0 Å². The Morgan fingerprint density at radius 2 is 2.23 bits per heavy atom. The van der Waals surface area contributed by atoms with Crippen LogP contribution in [0.2, 0.25) is 0 Å². The van der Waals surface area contributed by atoms with Crippen molar-refractivity contribution >= 4 is 11.5 Å². The smallest absolute Gasteiger partial charge is 0.311 e. The maximum atomic E-state index is 10.8. The Balaban J connectivity index is 1.85. The van der Waals surface area contributed by atoms with Gasteiger partial charge in [-0.3, -0.25) is 10.1 Å². The molecule has 1 atom stereocenters. The van der Waals surface area contributed by atoms with E-state index in [1.165, 1.54) is 18.3 Å². The van der Waals surface area contributed by atoms with E-state index < -0.39 is 11.0 Å². The van der Waals surface area contributed by atoms with Gasteiger partial charge in [0.2, 0.25) is 5.82 Å². The number of pyridine rings is 1. The number of nitrogens with one attached hydrogen (secondary N) is 1. The van der Waals surface area contributed by atoms with E-state index in [0.29, 0.717) is 5.75 Å². The predicted molar refractivity (Wildman–Crippen MR) is 82.1 cm³/mol. The van der Waals surface area contributed by atoms with Gasteiger partial charge in [0.1, 0.15) is 18.5 Å². The summed E-state index contributed by atoms with van der Waals surface area (Å²) in [4.78, 5) is 14.2. The fourth-order valence-corrected chi connectivity index (χ4v) is 1.85. The third-order valence-electron chi connectivity index (χ3n) is 2.92. The van der Waals surface area contributed by atoms with Crippen molar-refractivity contribution in [3.63, 3.8) is 0 Å². The summed E-state index contributed by atoms with van der Waals surface area (Å²) in [6.07, 6.45) is 0.632. The van der Waals surface area contributed by atoms with Crippen LogP contribution >= 0.6 is 0 Å². The first-order chi connectivity index (χ1) is 10.6. The quantitative estimate of drug-likeness (QED) is 0.601. The van der Waals surface area contributed by atoms with E-state index in [1.807, 2.05) is 25.1 Å². The number of benzene rings is 1. The van der Waals surface area contributed by atoms with E-state index in [4.69, 9.17) is 4.74 Å². The molecule has 0 aliphatic heterocycles. The number of nitrogens with zero attached hydrogens (tertiary/aromatic N) is 2. The van der Waals surface area contributed by atoms with Gasteiger partial charge in [-0.1, -0.05) is 12.1 Å². The lowest BCUT2D eigenvalue weighted by atomic mass is 10.2. The Hall–Kier alpha value is -2.67. The molecule has 7 nitrogen and oxygen atoms in total. The van der Waals surface area contributed by atoms with Gasteiger partial charge in [0.05, 0.1) is 4.92 Å². The molecular formula is C15H17N3O4. The average molecular weight is 303 g/mol. The topological polar surface area (TPSA) is 97.5 Å². The van der Waals surface area contributed by atoms with Crippen molar-refractivity contribution in [2.75, 3.05) is 18.5 Å². The van der Waals surface area contributed by atoms with Crippen LogP contribution in [0.1, 0.15) is 5.56 Å². The molecule has 0 aliphatic rings. The van der Waals surface area contributed by atoms with Crippen LogP contribution < -0.4 is 10.1 Å². The third-order valence-corrected chi connectivity index (χ3v) is 2.92. The molecule has 0 unspecified atom stereocenters. The van der Waals surface area contributed by atoms with E-state index in [2.05, 4.69) is 10.3 Å². The van der Waals surface area contributed by atoms with E-state index in [9.17, 15) is 15.2 Å². The molecule has 2 rings (SSSR count). The van der Waals surface area contributed by atoms with Crippen LogP contribution in [0, 0.1) is 17.0 Å². The molecule has 2 aromatic rings. The lowest BCUT2D eigenvalue weighted by molar-refractivity contribution is -0.384. The zero-order valence-corrected chi connectivity index (χ0v) is 12.1. The molecule has 0 aliphatic carbocycles. The average Bonchev–Trinajstić information content (AvgIpc) is 2.51. The summed E-state index contributed by atoms with van der Waals surface area (Å²) < 4.78 is 5.47. The lowest BCUT2D eigenvalue weighted by Gasteiger charge is -2.13. The Morgan fingerprint density at radius 1 is 1.41 bits per heavy atom. The maximum Gasteiger partial charge on any atom is 0.311 e. The molecule has 1 aromatic carbocycles. The lowest BCUT2D eigenvalue weighted by Crippen LogP contribution is -2.26. The van der Waals surface area contributed by atoms with E-state index in [1.54, 1.807) is 6.07 Å². The molecule has 116 valence electrons. The minimum atomic E-state index is -0.817. The van der Waals surface area contributed by atoms with Gasteiger partial charge < -0.3 is 15.2 Å². The first-order valence-corrected chi connectivity index (χ1v) is 6.77. The first-order valence-electron chi connectivity index (χ1n) is 6.77. The predicted octanol–water partition coefficient (Wildman–Crippen LogP) is 2.15. The van der Waals surface area contributed by atoms with Crippen molar-refractivity contribution in [1.29, 1.82) is 0 Å². The van der Waals surface area contributed by atoms with Crippen molar-refractivity contribution in [1.82, 2.24) is 4.98 Å². The number of nitro groups is 1. The Morgan fingerprint density at radius 3 is 2.95 bits per heavy atom. The summed E-state index contributed by atoms with van der Waals surface area (Å²) in [7, 11) is 0. The van der Waals surface area contributed by atoms with E-state index in [-0.39, 0.29) is 24.7 Å². The highest BCUT2D eigenvalue weighted by molar-refractivity contribution is 5.55. The second-order valence-corrected chi connectivity index (χ2v) is 4.79. The van der Waals surface area contributed by atoms with Crippen LogP contribution in [0.3, 0.4) is 0 Å². The molecule has 0 amide bonds. The molecule has 7 heteroatoms. The molecule has 1 aromatic heterocycles. The number of aliphatic hydroxyl groups excluding tert-OH is 1. The maximum absolute atomic E-state index is 10.8. The number of ether oxygens (including phenoxy) is 1. The second kappa shape index (κ2) is 7.37. The highest BCUT2D eigenvalue weighted by Crippen LogP contribution is 2.20. The normalized spacial score (nSPS) is 11.7. The van der Waals surface area contributed by atoms with Gasteiger partial charge in [-0.05, 0) is 30.7 Å². The van der Waals surface area contributed by atoms with Gasteiger partial charge in [-0.2, -0.15) is 0 Å². The number of hydrogen-bond acceptors (Lipinski definition) is 6. The number of aromatic nitrogens is 1. The Bertz CT molecular complexity index is 648. The minimum Gasteiger partial charge on any atom is -0.491 e. The molecule has 0 fully saturated rings. The second-order valence-electron chi connectivity index (χ2n) is 4.79. The molecule has 22 heavy (non-hydrogen) atoms. The van der Waals surface area contributed by atoms with Crippen LogP contribution in [0.25, 0.3) is 0 Å². The fourth-order valence-electron chi connectivity index (χ4n) is 1.85. The van der Waals surface area contributed by atoms with Crippen molar-refractivity contribution in [2.24, 2.45) is 0 Å². The Labute approximate surface area is 127 Å². The van der Waals surface area contributed by atoms with Gasteiger partial charge in [0.25, 0.3) is 0 Å². The van der Waals surface area contributed by atoms with E-state index in [0.717, 1.165) is 5.56 Å². The molecule has 0 radical (unpaired) electrons. The molecule has 2 N–H and O–H groups in total. The molecule has 0 saturated heterocycles. The van der Waals surface area contributed by atoms with Gasteiger partial charge in [-0.25, -0.2) is 4.98 Å². The van der Waals surface area contributed by atoms with Crippen LogP contribution in [-0.2, 0) is 0 Å². The largest absolute Gasteiger partial charge is 0.491 e. The number of rotatable bonds is 7. The number of anilines is 1. The summed E-state index contributed by atoms with van der Waals surface area (Å²) in [6, 6.07) is 10.3. The molecule has 0 bridgehead atoms. The number of hydrogen-bond donors (Lipinski definition) is 2. The highest BCUT2D eigenvalue weighted by Gasteiger charge is 2.15.